The molecule has 156 valence electrons. The Labute approximate surface area is 173 Å². The zero-order valence-corrected chi connectivity index (χ0v) is 17.1. The number of carbonyl (C=O) groups excluding carboxylic acids is 2. The Hall–Kier alpha value is -3.61. The number of carbonyl (C=O) groups is 2. The van der Waals surface area contributed by atoms with Crippen molar-refractivity contribution in [3.8, 4) is 5.75 Å². The van der Waals surface area contributed by atoms with Crippen LogP contribution >= 0.6 is 0 Å². The van der Waals surface area contributed by atoms with Gasteiger partial charge < -0.3 is 19.2 Å². The monoisotopic (exact) mass is 409 g/mol. The van der Waals surface area contributed by atoms with Crippen LogP contribution in [0.25, 0.3) is 11.0 Å². The second-order valence-electron chi connectivity index (χ2n) is 6.93. The van der Waals surface area contributed by atoms with Gasteiger partial charge in [0.15, 0.2) is 0 Å². The summed E-state index contributed by atoms with van der Waals surface area (Å²) in [5.74, 6) is -0.381. The van der Waals surface area contributed by atoms with Crippen molar-refractivity contribution in [3.63, 3.8) is 0 Å². The molecule has 7 heteroatoms. The molecular formula is C23H23NO6. The smallest absolute Gasteiger partial charge is 0.408 e. The Kier molecular flexibility index (Phi) is 6.51. The molecule has 1 atom stereocenters. The predicted molar refractivity (Wildman–Crippen MR) is 111 cm³/mol. The Morgan fingerprint density at radius 1 is 1.13 bits per heavy atom. The Bertz CT molecular complexity index is 1120. The lowest BCUT2D eigenvalue weighted by Gasteiger charge is -2.15. The van der Waals surface area contributed by atoms with Gasteiger partial charge in [-0.15, -0.1) is 0 Å². The van der Waals surface area contributed by atoms with Gasteiger partial charge in [0.2, 0.25) is 0 Å². The van der Waals surface area contributed by atoms with Crippen molar-refractivity contribution in [2.45, 2.75) is 39.8 Å². The van der Waals surface area contributed by atoms with E-state index in [1.165, 1.54) is 13.0 Å². The van der Waals surface area contributed by atoms with Gasteiger partial charge in [-0.2, -0.15) is 0 Å². The molecule has 1 aromatic heterocycles. The fraction of sp³-hybridized carbons (Fsp3) is 0.261. The summed E-state index contributed by atoms with van der Waals surface area (Å²) in [4.78, 5) is 36.3. The van der Waals surface area contributed by atoms with E-state index in [1.807, 2.05) is 37.3 Å². The first kappa shape index (κ1) is 21.1. The normalized spacial score (nSPS) is 11.7. The Balaban J connectivity index is 1.71. The SMILES string of the molecule is CCc1cc(=O)oc2cc(C)cc(OC(=O)[C@H](C)NC(=O)OCc3ccccc3)c12. The van der Waals surface area contributed by atoms with Gasteiger partial charge in [0.05, 0.1) is 5.39 Å². The highest BCUT2D eigenvalue weighted by atomic mass is 16.6. The van der Waals surface area contributed by atoms with E-state index in [0.717, 1.165) is 11.1 Å². The number of hydrogen-bond acceptors (Lipinski definition) is 6. The van der Waals surface area contributed by atoms with E-state index in [1.54, 1.807) is 19.1 Å². The largest absolute Gasteiger partial charge is 0.445 e. The lowest BCUT2D eigenvalue weighted by atomic mass is 10.0. The van der Waals surface area contributed by atoms with Crippen molar-refractivity contribution in [1.82, 2.24) is 5.32 Å². The molecule has 0 bridgehead atoms. The van der Waals surface area contributed by atoms with Gasteiger partial charge in [0.1, 0.15) is 24.0 Å². The quantitative estimate of drug-likeness (QED) is 0.377. The van der Waals surface area contributed by atoms with Crippen LogP contribution in [0.15, 0.2) is 57.7 Å². The molecule has 3 aromatic rings. The molecule has 1 N–H and O–H groups in total. The lowest BCUT2D eigenvalue weighted by molar-refractivity contribution is -0.136. The number of fused-ring (bicyclic) bond motifs is 1. The predicted octanol–water partition coefficient (Wildman–Crippen LogP) is 3.88. The van der Waals surface area contributed by atoms with Gasteiger partial charge in [0, 0.05) is 6.07 Å². The number of hydrogen-bond donors (Lipinski definition) is 1. The Morgan fingerprint density at radius 3 is 2.57 bits per heavy atom. The molecular weight excluding hydrogens is 386 g/mol. The fourth-order valence-electron chi connectivity index (χ4n) is 3.03. The summed E-state index contributed by atoms with van der Waals surface area (Å²) in [7, 11) is 0. The van der Waals surface area contributed by atoms with E-state index < -0.39 is 23.7 Å². The van der Waals surface area contributed by atoms with E-state index in [4.69, 9.17) is 13.9 Å². The molecule has 0 fully saturated rings. The molecule has 0 radical (unpaired) electrons. The van der Waals surface area contributed by atoms with Crippen LogP contribution in [-0.2, 0) is 22.6 Å². The second-order valence-corrected chi connectivity index (χ2v) is 6.93. The first-order valence-corrected chi connectivity index (χ1v) is 9.63. The molecule has 0 saturated heterocycles. The highest BCUT2D eigenvalue weighted by Gasteiger charge is 2.21. The number of ether oxygens (including phenoxy) is 2. The molecule has 0 spiro atoms. The maximum atomic E-state index is 12.6. The number of nitrogens with one attached hydrogen (secondary N) is 1. The van der Waals surface area contributed by atoms with Crippen molar-refractivity contribution in [2.75, 3.05) is 0 Å². The van der Waals surface area contributed by atoms with Crippen LogP contribution < -0.4 is 15.7 Å². The summed E-state index contributed by atoms with van der Waals surface area (Å²) in [6.07, 6.45) is -0.160. The third-order valence-electron chi connectivity index (χ3n) is 4.53. The van der Waals surface area contributed by atoms with Crippen LogP contribution in [0, 0.1) is 6.92 Å². The van der Waals surface area contributed by atoms with Crippen molar-refractivity contribution < 1.29 is 23.5 Å². The zero-order chi connectivity index (χ0) is 21.7. The average molecular weight is 409 g/mol. The van der Waals surface area contributed by atoms with Crippen molar-refractivity contribution in [1.29, 1.82) is 0 Å². The highest BCUT2D eigenvalue weighted by molar-refractivity contribution is 5.91. The number of aryl methyl sites for hydroxylation is 2. The number of alkyl carbamates (subject to hydrolysis) is 1. The van der Waals surface area contributed by atoms with Crippen molar-refractivity contribution >= 4 is 23.0 Å². The minimum Gasteiger partial charge on any atom is -0.445 e. The lowest BCUT2D eigenvalue weighted by Crippen LogP contribution is -2.41. The Morgan fingerprint density at radius 2 is 1.87 bits per heavy atom. The van der Waals surface area contributed by atoms with Gasteiger partial charge >= 0.3 is 17.7 Å². The summed E-state index contributed by atoms with van der Waals surface area (Å²) in [5, 5.41) is 3.03. The summed E-state index contributed by atoms with van der Waals surface area (Å²) in [6.45, 7) is 5.30. The molecule has 0 aliphatic rings. The van der Waals surface area contributed by atoms with Gasteiger partial charge in [0.25, 0.3) is 0 Å². The second kappa shape index (κ2) is 9.26. The third kappa shape index (κ3) is 5.05. The molecule has 0 aliphatic heterocycles. The molecule has 1 amide bonds. The van der Waals surface area contributed by atoms with E-state index in [2.05, 4.69) is 5.32 Å². The molecule has 3 rings (SSSR count). The van der Waals surface area contributed by atoms with Crippen LogP contribution in [0.1, 0.15) is 30.5 Å². The van der Waals surface area contributed by atoms with Crippen LogP contribution in [0.5, 0.6) is 5.75 Å². The molecule has 7 nitrogen and oxygen atoms in total. The number of benzene rings is 2. The van der Waals surface area contributed by atoms with Gasteiger partial charge in [-0.25, -0.2) is 14.4 Å². The van der Waals surface area contributed by atoms with Crippen LogP contribution in [0.3, 0.4) is 0 Å². The molecule has 1 heterocycles. The van der Waals surface area contributed by atoms with E-state index in [0.29, 0.717) is 23.0 Å². The summed E-state index contributed by atoms with van der Waals surface area (Å²) in [5.41, 5.74) is 2.21. The van der Waals surface area contributed by atoms with E-state index in [9.17, 15) is 14.4 Å². The number of esters is 1. The van der Waals surface area contributed by atoms with Crippen LogP contribution in [0.2, 0.25) is 0 Å². The van der Waals surface area contributed by atoms with Crippen molar-refractivity contribution in [2.24, 2.45) is 0 Å². The minimum atomic E-state index is -0.940. The zero-order valence-electron chi connectivity index (χ0n) is 17.1. The average Bonchev–Trinajstić information content (AvgIpc) is 2.71. The van der Waals surface area contributed by atoms with Crippen LogP contribution in [-0.4, -0.2) is 18.1 Å². The number of amides is 1. The van der Waals surface area contributed by atoms with E-state index in [-0.39, 0.29) is 12.4 Å². The van der Waals surface area contributed by atoms with Crippen LogP contribution in [0.4, 0.5) is 4.79 Å². The van der Waals surface area contributed by atoms with Gasteiger partial charge in [-0.1, -0.05) is 37.3 Å². The molecule has 0 aliphatic carbocycles. The molecule has 0 unspecified atom stereocenters. The van der Waals surface area contributed by atoms with Crippen molar-refractivity contribution in [3.05, 3.63) is 75.6 Å². The first-order chi connectivity index (χ1) is 14.4. The van der Waals surface area contributed by atoms with Gasteiger partial charge in [-0.3, -0.25) is 0 Å². The summed E-state index contributed by atoms with van der Waals surface area (Å²) >= 11 is 0. The maximum Gasteiger partial charge on any atom is 0.408 e. The standard InChI is InChI=1S/C23H23NO6/c1-4-17-12-20(25)29-18-10-14(2)11-19(21(17)18)30-22(26)15(3)24-23(27)28-13-16-8-6-5-7-9-16/h5-12,15H,4,13H2,1-3H3,(H,24,27)/t15-/m0/s1. The minimum absolute atomic E-state index is 0.0931. The van der Waals surface area contributed by atoms with E-state index >= 15 is 0 Å². The molecule has 2 aromatic carbocycles. The third-order valence-corrected chi connectivity index (χ3v) is 4.53. The summed E-state index contributed by atoms with van der Waals surface area (Å²) in [6, 6.07) is 13.1. The first-order valence-electron chi connectivity index (χ1n) is 9.63. The summed E-state index contributed by atoms with van der Waals surface area (Å²) < 4.78 is 15.9. The highest BCUT2D eigenvalue weighted by Crippen LogP contribution is 2.30. The fourth-order valence-corrected chi connectivity index (χ4v) is 3.03. The number of rotatable bonds is 6. The topological polar surface area (TPSA) is 94.8 Å². The molecule has 0 saturated carbocycles. The van der Waals surface area contributed by atoms with Gasteiger partial charge in [-0.05, 0) is 49.1 Å². The maximum absolute atomic E-state index is 12.6. The molecule has 30 heavy (non-hydrogen) atoms.